The largest absolute Gasteiger partial charge is 0.354 e. The third kappa shape index (κ3) is 2.86. The summed E-state index contributed by atoms with van der Waals surface area (Å²) in [5.74, 6) is 0.745. The minimum Gasteiger partial charge on any atom is -0.354 e. The number of H-pyrrole nitrogens is 1. The van der Waals surface area contributed by atoms with Gasteiger partial charge >= 0.3 is 0 Å². The van der Waals surface area contributed by atoms with Crippen LogP contribution in [-0.2, 0) is 17.8 Å². The number of amides is 2. The Bertz CT molecular complexity index is 992. The molecule has 1 atom stereocenters. The van der Waals surface area contributed by atoms with Crippen molar-refractivity contribution in [2.45, 2.75) is 19.0 Å². The first-order valence-electron chi connectivity index (χ1n) is 8.58. The van der Waals surface area contributed by atoms with Crippen LogP contribution in [0.25, 0.3) is 11.5 Å². The summed E-state index contributed by atoms with van der Waals surface area (Å²) in [7, 11) is 3.30. The summed E-state index contributed by atoms with van der Waals surface area (Å²) in [5.41, 5.74) is 1.70. The van der Waals surface area contributed by atoms with Crippen LogP contribution in [0.1, 0.15) is 27.9 Å². The number of imidazole rings is 1. The van der Waals surface area contributed by atoms with E-state index in [0.29, 0.717) is 30.3 Å². The van der Waals surface area contributed by atoms with Gasteiger partial charge in [0, 0.05) is 20.5 Å². The molecule has 0 fully saturated rings. The Hall–Kier alpha value is -3.49. The van der Waals surface area contributed by atoms with Crippen molar-refractivity contribution < 1.29 is 9.59 Å². The summed E-state index contributed by atoms with van der Waals surface area (Å²) < 4.78 is 1.80. The van der Waals surface area contributed by atoms with Gasteiger partial charge in [0.05, 0.1) is 12.9 Å². The number of nitrogens with zero attached hydrogens (tertiary/aromatic N) is 5. The number of fused-ring (bicyclic) bond motifs is 1. The molecule has 2 N–H and O–H groups in total. The quantitative estimate of drug-likeness (QED) is 0.710. The van der Waals surface area contributed by atoms with Gasteiger partial charge in [-0.1, -0.05) is 30.3 Å². The summed E-state index contributed by atoms with van der Waals surface area (Å²) >= 11 is 0. The first kappa shape index (κ1) is 17.0. The number of carbonyl (C=O) groups excluding carboxylic acids is 2. The van der Waals surface area contributed by atoms with Gasteiger partial charge in [-0.25, -0.2) is 4.98 Å². The van der Waals surface area contributed by atoms with Crippen LogP contribution in [0, 0.1) is 0 Å². The number of hydrogen-bond acceptors (Lipinski definition) is 5. The Morgan fingerprint density at radius 2 is 2.07 bits per heavy atom. The van der Waals surface area contributed by atoms with Gasteiger partial charge in [0.1, 0.15) is 17.4 Å². The van der Waals surface area contributed by atoms with E-state index in [1.165, 1.54) is 6.33 Å². The van der Waals surface area contributed by atoms with E-state index in [9.17, 15) is 9.59 Å². The van der Waals surface area contributed by atoms with Gasteiger partial charge < -0.3 is 15.2 Å². The van der Waals surface area contributed by atoms with E-state index in [-0.39, 0.29) is 17.5 Å². The van der Waals surface area contributed by atoms with Gasteiger partial charge in [0.25, 0.3) is 5.91 Å². The molecule has 3 aromatic rings. The number of hydrogen-bond donors (Lipinski definition) is 2. The van der Waals surface area contributed by atoms with Crippen molar-refractivity contribution in [1.82, 2.24) is 34.9 Å². The average Bonchev–Trinajstić information content (AvgIpc) is 3.32. The molecule has 9 heteroatoms. The van der Waals surface area contributed by atoms with Crippen LogP contribution >= 0.6 is 0 Å². The number of rotatable bonds is 4. The molecule has 2 aromatic heterocycles. The van der Waals surface area contributed by atoms with Crippen molar-refractivity contribution in [3.05, 3.63) is 53.7 Å². The molecule has 0 radical (unpaired) electrons. The highest BCUT2D eigenvalue weighted by Crippen LogP contribution is 2.30. The third-order valence-electron chi connectivity index (χ3n) is 4.70. The van der Waals surface area contributed by atoms with Crippen LogP contribution in [0.3, 0.4) is 0 Å². The highest BCUT2D eigenvalue weighted by atomic mass is 16.2. The summed E-state index contributed by atoms with van der Waals surface area (Å²) in [4.78, 5) is 33.8. The molecule has 138 valence electrons. The van der Waals surface area contributed by atoms with Crippen molar-refractivity contribution in [1.29, 1.82) is 0 Å². The summed E-state index contributed by atoms with van der Waals surface area (Å²) in [5, 5.41) is 11.1. The average molecular weight is 365 g/mol. The monoisotopic (exact) mass is 365 g/mol. The molecule has 2 amide bonds. The molecule has 0 saturated carbocycles. The van der Waals surface area contributed by atoms with Crippen LogP contribution in [0.2, 0.25) is 0 Å². The topological polar surface area (TPSA) is 109 Å². The second kappa shape index (κ2) is 6.67. The second-order valence-electron chi connectivity index (χ2n) is 6.41. The van der Waals surface area contributed by atoms with Crippen molar-refractivity contribution in [3.8, 4) is 11.5 Å². The van der Waals surface area contributed by atoms with E-state index < -0.39 is 6.04 Å². The smallest absolute Gasteiger partial charge is 0.269 e. The maximum absolute atomic E-state index is 12.9. The van der Waals surface area contributed by atoms with Crippen molar-refractivity contribution in [2.24, 2.45) is 0 Å². The van der Waals surface area contributed by atoms with E-state index in [4.69, 9.17) is 0 Å². The SMILES string of the molecule is CNC(=O)c1[nH]cnc1-c1nnc2n1[C@H](Cc1ccccc1)C(=O)N(C)C2. The van der Waals surface area contributed by atoms with Gasteiger partial charge in [-0.15, -0.1) is 10.2 Å². The van der Waals surface area contributed by atoms with Crippen molar-refractivity contribution in [3.63, 3.8) is 0 Å². The van der Waals surface area contributed by atoms with E-state index in [1.807, 2.05) is 30.3 Å². The van der Waals surface area contributed by atoms with E-state index >= 15 is 0 Å². The molecule has 0 unspecified atom stereocenters. The highest BCUT2D eigenvalue weighted by Gasteiger charge is 2.36. The summed E-state index contributed by atoms with van der Waals surface area (Å²) in [6.07, 6.45) is 1.94. The third-order valence-corrected chi connectivity index (χ3v) is 4.70. The van der Waals surface area contributed by atoms with Gasteiger partial charge in [0.15, 0.2) is 11.6 Å². The number of benzene rings is 1. The number of aromatic amines is 1. The maximum Gasteiger partial charge on any atom is 0.269 e. The highest BCUT2D eigenvalue weighted by molar-refractivity contribution is 5.97. The lowest BCUT2D eigenvalue weighted by Gasteiger charge is -2.31. The fraction of sp³-hybridized carbons (Fsp3) is 0.278. The Balaban J connectivity index is 1.82. The number of aromatic nitrogens is 5. The molecule has 0 spiro atoms. The van der Waals surface area contributed by atoms with E-state index in [2.05, 4.69) is 25.5 Å². The standard InChI is InChI=1S/C18H19N7O2/c1-19-17(26)15-14(20-10-21-15)16-23-22-13-9-24(2)18(27)12(25(13)16)8-11-6-4-3-5-7-11/h3-7,10,12H,8-9H2,1-2H3,(H,19,26)(H,20,21)/t12-/m1/s1. The first-order chi connectivity index (χ1) is 13.1. The van der Waals surface area contributed by atoms with Gasteiger partial charge in [-0.2, -0.15) is 0 Å². The molecule has 1 aromatic carbocycles. The number of nitrogens with one attached hydrogen (secondary N) is 2. The zero-order valence-electron chi connectivity index (χ0n) is 15.0. The molecule has 4 rings (SSSR count). The minimum absolute atomic E-state index is 0.0237. The lowest BCUT2D eigenvalue weighted by atomic mass is 10.0. The molecule has 3 heterocycles. The minimum atomic E-state index is -0.500. The van der Waals surface area contributed by atoms with E-state index in [1.54, 1.807) is 23.6 Å². The van der Waals surface area contributed by atoms with E-state index in [0.717, 1.165) is 5.56 Å². The van der Waals surface area contributed by atoms with Crippen LogP contribution in [0.5, 0.6) is 0 Å². The van der Waals surface area contributed by atoms with Gasteiger partial charge in [-0.3, -0.25) is 14.2 Å². The fourth-order valence-electron chi connectivity index (χ4n) is 3.35. The molecule has 0 aliphatic carbocycles. The molecule has 1 aliphatic rings. The van der Waals surface area contributed by atoms with Crippen molar-refractivity contribution in [2.75, 3.05) is 14.1 Å². The number of carbonyl (C=O) groups is 2. The van der Waals surface area contributed by atoms with Crippen LogP contribution in [0.4, 0.5) is 0 Å². The zero-order valence-corrected chi connectivity index (χ0v) is 15.0. The lowest BCUT2D eigenvalue weighted by Crippen LogP contribution is -2.41. The molecule has 0 saturated heterocycles. The molecule has 27 heavy (non-hydrogen) atoms. The normalized spacial score (nSPS) is 16.3. The maximum atomic E-state index is 12.9. The molecule has 9 nitrogen and oxygen atoms in total. The van der Waals surface area contributed by atoms with Crippen LogP contribution in [-0.4, -0.2) is 55.5 Å². The fourth-order valence-corrected chi connectivity index (χ4v) is 3.35. The summed E-state index contributed by atoms with van der Waals surface area (Å²) in [6.45, 7) is 0.358. The Labute approximate surface area is 155 Å². The predicted octanol–water partition coefficient (Wildman–Crippen LogP) is 0.784. The van der Waals surface area contributed by atoms with Crippen molar-refractivity contribution >= 4 is 11.8 Å². The predicted molar refractivity (Wildman–Crippen MR) is 96.7 cm³/mol. The Kier molecular flexibility index (Phi) is 4.19. The van der Waals surface area contributed by atoms with Crippen LogP contribution < -0.4 is 5.32 Å². The summed E-state index contributed by atoms with van der Waals surface area (Å²) in [6, 6.07) is 9.29. The van der Waals surface area contributed by atoms with Gasteiger partial charge in [0.2, 0.25) is 5.91 Å². The second-order valence-corrected chi connectivity index (χ2v) is 6.41. The number of likely N-dealkylation sites (N-methyl/N-ethyl adjacent to an activating group) is 1. The van der Waals surface area contributed by atoms with Crippen LogP contribution in [0.15, 0.2) is 36.7 Å². The Morgan fingerprint density at radius 1 is 1.30 bits per heavy atom. The lowest BCUT2D eigenvalue weighted by molar-refractivity contribution is -0.135. The molecular weight excluding hydrogens is 346 g/mol. The first-order valence-corrected chi connectivity index (χ1v) is 8.58. The molecule has 1 aliphatic heterocycles. The zero-order chi connectivity index (χ0) is 19.0. The van der Waals surface area contributed by atoms with Gasteiger partial charge in [-0.05, 0) is 5.56 Å². The molecule has 0 bridgehead atoms. The Morgan fingerprint density at radius 3 is 2.81 bits per heavy atom. The molecular formula is C18H19N7O2.